The Morgan fingerprint density at radius 1 is 1.05 bits per heavy atom. The van der Waals surface area contributed by atoms with Crippen LogP contribution < -0.4 is 10.3 Å². The van der Waals surface area contributed by atoms with Gasteiger partial charge in [0.05, 0.1) is 6.54 Å². The van der Waals surface area contributed by atoms with Crippen LogP contribution in [0.15, 0.2) is 49.0 Å². The van der Waals surface area contributed by atoms with Crippen LogP contribution in [0.5, 0.6) is 0 Å². The molecule has 0 fully saturated rings. The van der Waals surface area contributed by atoms with Crippen LogP contribution in [-0.2, 0) is 6.54 Å². The molecule has 2 nitrogen and oxygen atoms in total. The quantitative estimate of drug-likeness (QED) is 0.839. The summed E-state index contributed by atoms with van der Waals surface area (Å²) in [6.45, 7) is 5.20. The molecule has 2 aromatic rings. The van der Waals surface area contributed by atoms with Gasteiger partial charge in [0.1, 0.15) is 0 Å². The molecular formula is C17H18ClN2+. The summed E-state index contributed by atoms with van der Waals surface area (Å²) in [5, 5.41) is 0.744. The lowest BCUT2D eigenvalue weighted by atomic mass is 10.2. The summed E-state index contributed by atoms with van der Waals surface area (Å²) < 4.78 is 2.15. The number of rotatable bonds is 5. The molecule has 0 spiro atoms. The third-order valence-electron chi connectivity index (χ3n) is 3.04. The van der Waals surface area contributed by atoms with Crippen LogP contribution in [0, 0.1) is 0 Å². The van der Waals surface area contributed by atoms with Gasteiger partial charge in [-0.05, 0) is 29.8 Å². The maximum atomic E-state index is 5.88. The van der Waals surface area contributed by atoms with Crippen molar-refractivity contribution < 1.29 is 4.57 Å². The lowest BCUT2D eigenvalue weighted by Gasteiger charge is -2.02. The number of hydrogen-bond donors (Lipinski definition) is 1. The first-order valence-corrected chi connectivity index (χ1v) is 6.91. The average Bonchev–Trinajstić information content (AvgIpc) is 2.48. The molecule has 3 heteroatoms. The largest absolute Gasteiger partial charge is 0.325 e. The minimum atomic E-state index is 0.595. The van der Waals surface area contributed by atoms with Gasteiger partial charge in [0, 0.05) is 29.3 Å². The van der Waals surface area contributed by atoms with Gasteiger partial charge in [0.2, 0.25) is 11.4 Å². The smallest absolute Gasteiger partial charge is 0.205 e. The monoisotopic (exact) mass is 285 g/mol. The highest BCUT2D eigenvalue weighted by atomic mass is 35.5. The molecule has 2 N–H and O–H groups in total. The first-order chi connectivity index (χ1) is 9.74. The van der Waals surface area contributed by atoms with E-state index >= 15 is 0 Å². The van der Waals surface area contributed by atoms with Crippen molar-refractivity contribution in [2.75, 3.05) is 6.54 Å². The summed E-state index contributed by atoms with van der Waals surface area (Å²) in [5.41, 5.74) is 8.96. The Morgan fingerprint density at radius 2 is 1.75 bits per heavy atom. The number of benzene rings is 1. The van der Waals surface area contributed by atoms with Crippen LogP contribution in [0.1, 0.15) is 17.0 Å². The molecular weight excluding hydrogens is 268 g/mol. The number of hydrogen-bond acceptors (Lipinski definition) is 1. The predicted molar refractivity (Wildman–Crippen MR) is 86.2 cm³/mol. The van der Waals surface area contributed by atoms with Gasteiger partial charge in [-0.2, -0.15) is 4.57 Å². The molecule has 0 aliphatic heterocycles. The molecule has 0 unspecified atom stereocenters. The number of halogens is 1. The summed E-state index contributed by atoms with van der Waals surface area (Å²) in [4.78, 5) is 0. The van der Waals surface area contributed by atoms with Crippen LogP contribution in [0.4, 0.5) is 0 Å². The molecule has 102 valence electrons. The third-order valence-corrected chi connectivity index (χ3v) is 3.29. The lowest BCUT2D eigenvalue weighted by molar-refractivity contribution is -0.697. The van der Waals surface area contributed by atoms with Gasteiger partial charge < -0.3 is 5.73 Å². The Morgan fingerprint density at radius 3 is 2.40 bits per heavy atom. The van der Waals surface area contributed by atoms with E-state index in [1.807, 2.05) is 42.5 Å². The molecule has 0 amide bonds. The van der Waals surface area contributed by atoms with Crippen molar-refractivity contribution in [1.82, 2.24) is 0 Å². The van der Waals surface area contributed by atoms with E-state index in [1.54, 1.807) is 0 Å². The van der Waals surface area contributed by atoms with Gasteiger partial charge in [-0.3, -0.25) is 0 Å². The van der Waals surface area contributed by atoms with Gasteiger partial charge >= 0.3 is 0 Å². The zero-order valence-electron chi connectivity index (χ0n) is 11.3. The zero-order chi connectivity index (χ0) is 14.4. The van der Waals surface area contributed by atoms with Crippen LogP contribution in [0.3, 0.4) is 0 Å². The minimum Gasteiger partial charge on any atom is -0.325 e. The van der Waals surface area contributed by atoms with Crippen LogP contribution in [0.2, 0.25) is 5.02 Å². The second-order valence-electron chi connectivity index (χ2n) is 4.40. The molecule has 0 saturated carbocycles. The summed E-state index contributed by atoms with van der Waals surface area (Å²) >= 11 is 5.88. The summed E-state index contributed by atoms with van der Waals surface area (Å²) in [5.74, 6) is 0. The van der Waals surface area contributed by atoms with Crippen molar-refractivity contribution in [3.63, 3.8) is 0 Å². The second-order valence-corrected chi connectivity index (χ2v) is 4.84. The molecule has 0 radical (unpaired) electrons. The topological polar surface area (TPSA) is 29.9 Å². The minimum absolute atomic E-state index is 0.595. The molecule has 1 aromatic heterocycles. The average molecular weight is 286 g/mol. The van der Waals surface area contributed by atoms with E-state index < -0.39 is 0 Å². The molecule has 1 aromatic carbocycles. The fourth-order valence-electron chi connectivity index (χ4n) is 2.04. The molecule has 1 heterocycles. The summed E-state index contributed by atoms with van der Waals surface area (Å²) in [6, 6.07) is 13.9. The zero-order valence-corrected chi connectivity index (χ0v) is 12.1. The number of nitrogens with two attached hydrogens (primary N) is 1. The second kappa shape index (κ2) is 7.04. The van der Waals surface area contributed by atoms with E-state index in [-0.39, 0.29) is 0 Å². The van der Waals surface area contributed by atoms with Gasteiger partial charge in [-0.15, -0.1) is 0 Å². The number of nitrogens with zero attached hydrogens (tertiary/aromatic N) is 1. The van der Waals surface area contributed by atoms with Crippen LogP contribution in [0.25, 0.3) is 18.2 Å². The maximum absolute atomic E-state index is 5.88. The Balaban J connectivity index is 2.32. The fraction of sp³-hybridized carbons (Fsp3) is 0.118. The Labute approximate surface area is 124 Å². The SMILES string of the molecule is C=Cc1cccc(/C=C/c2ccc(Cl)cc2)[n+]1CCN. The van der Waals surface area contributed by atoms with Gasteiger partial charge in [0.15, 0.2) is 6.54 Å². The van der Waals surface area contributed by atoms with E-state index in [4.69, 9.17) is 17.3 Å². The highest BCUT2D eigenvalue weighted by Crippen LogP contribution is 2.12. The van der Waals surface area contributed by atoms with Gasteiger partial charge in [-0.1, -0.05) is 30.3 Å². The van der Waals surface area contributed by atoms with Crippen molar-refractivity contribution in [3.8, 4) is 0 Å². The Hall–Kier alpha value is -1.90. The lowest BCUT2D eigenvalue weighted by Crippen LogP contribution is -2.43. The van der Waals surface area contributed by atoms with Crippen LogP contribution >= 0.6 is 11.6 Å². The van der Waals surface area contributed by atoms with E-state index in [2.05, 4.69) is 29.4 Å². The Bertz CT molecular complexity index is 615. The molecule has 20 heavy (non-hydrogen) atoms. The van der Waals surface area contributed by atoms with Crippen molar-refractivity contribution in [3.05, 3.63) is 71.0 Å². The normalized spacial score (nSPS) is 10.9. The molecule has 0 bridgehead atoms. The predicted octanol–water partition coefficient (Wildman–Crippen LogP) is 3.40. The first kappa shape index (κ1) is 14.5. The van der Waals surface area contributed by atoms with Crippen molar-refractivity contribution in [1.29, 1.82) is 0 Å². The standard InChI is InChI=1S/C17H18ClN2/c1-2-16-4-3-5-17(20(16)13-12-19)11-8-14-6-9-15(18)10-7-14/h2-11H,1,12-13,19H2/q+1/b11-8+. The Kier molecular flexibility index (Phi) is 5.10. The van der Waals surface area contributed by atoms with Crippen LogP contribution in [-0.4, -0.2) is 6.54 Å². The van der Waals surface area contributed by atoms with Crippen molar-refractivity contribution >= 4 is 29.8 Å². The summed E-state index contributed by atoms with van der Waals surface area (Å²) in [6.07, 6.45) is 5.98. The van der Waals surface area contributed by atoms with E-state index in [9.17, 15) is 0 Å². The van der Waals surface area contributed by atoms with Crippen molar-refractivity contribution in [2.24, 2.45) is 5.73 Å². The van der Waals surface area contributed by atoms with E-state index in [0.717, 1.165) is 28.5 Å². The van der Waals surface area contributed by atoms with E-state index in [1.165, 1.54) is 0 Å². The molecule has 0 aliphatic carbocycles. The van der Waals surface area contributed by atoms with Crippen molar-refractivity contribution in [2.45, 2.75) is 6.54 Å². The first-order valence-electron chi connectivity index (χ1n) is 6.53. The molecule has 2 rings (SSSR count). The molecule has 0 saturated heterocycles. The third kappa shape index (κ3) is 3.56. The highest BCUT2D eigenvalue weighted by Gasteiger charge is 2.10. The molecule has 0 aliphatic rings. The number of aromatic nitrogens is 1. The van der Waals surface area contributed by atoms with Gasteiger partial charge in [-0.25, -0.2) is 0 Å². The fourth-order valence-corrected chi connectivity index (χ4v) is 2.17. The van der Waals surface area contributed by atoms with Gasteiger partial charge in [0.25, 0.3) is 0 Å². The van der Waals surface area contributed by atoms with E-state index in [0.29, 0.717) is 6.54 Å². The summed E-state index contributed by atoms with van der Waals surface area (Å²) in [7, 11) is 0. The number of pyridine rings is 1. The maximum Gasteiger partial charge on any atom is 0.205 e. The highest BCUT2D eigenvalue weighted by molar-refractivity contribution is 6.30. The molecule has 0 atom stereocenters.